The summed E-state index contributed by atoms with van der Waals surface area (Å²) < 4.78 is 0. The van der Waals surface area contributed by atoms with Gasteiger partial charge in [-0.2, -0.15) is 5.26 Å². The standard InChI is InChI=1S/C20H28N4O/c1-16-13-22(14-19-6-4-18(12-21)5-7-19)15-20(16)24-9-3-8-23(10-11-24)17(2)25/h4-7,16,20H,3,8-11,13-15H2,1-2H3. The van der Waals surface area contributed by atoms with Crippen molar-refractivity contribution in [2.24, 2.45) is 5.92 Å². The van der Waals surface area contributed by atoms with Crippen LogP contribution in [0.5, 0.6) is 0 Å². The van der Waals surface area contributed by atoms with Gasteiger partial charge in [0.1, 0.15) is 0 Å². The zero-order valence-electron chi connectivity index (χ0n) is 15.3. The lowest BCUT2D eigenvalue weighted by molar-refractivity contribution is -0.128. The van der Waals surface area contributed by atoms with E-state index >= 15 is 0 Å². The Hall–Kier alpha value is -1.90. The number of nitrogens with zero attached hydrogens (tertiary/aromatic N) is 4. The number of benzene rings is 1. The van der Waals surface area contributed by atoms with Crippen LogP contribution < -0.4 is 0 Å². The minimum atomic E-state index is 0.198. The van der Waals surface area contributed by atoms with Gasteiger partial charge in [0, 0.05) is 58.8 Å². The van der Waals surface area contributed by atoms with Gasteiger partial charge in [-0.15, -0.1) is 0 Å². The molecular weight excluding hydrogens is 312 g/mol. The van der Waals surface area contributed by atoms with E-state index in [9.17, 15) is 4.79 Å². The molecule has 2 atom stereocenters. The van der Waals surface area contributed by atoms with Crippen molar-refractivity contribution in [3.63, 3.8) is 0 Å². The second-order valence-corrected chi connectivity index (χ2v) is 7.44. The van der Waals surface area contributed by atoms with Gasteiger partial charge in [-0.3, -0.25) is 14.6 Å². The first kappa shape index (κ1) is 17.9. The van der Waals surface area contributed by atoms with Crippen LogP contribution in [-0.2, 0) is 11.3 Å². The third kappa shape index (κ3) is 4.39. The molecule has 25 heavy (non-hydrogen) atoms. The molecule has 3 rings (SSSR count). The number of likely N-dealkylation sites (tertiary alicyclic amines) is 1. The van der Waals surface area contributed by atoms with Gasteiger partial charge >= 0.3 is 0 Å². The number of carbonyl (C=O) groups is 1. The van der Waals surface area contributed by atoms with Crippen molar-refractivity contribution in [1.82, 2.24) is 14.7 Å². The summed E-state index contributed by atoms with van der Waals surface area (Å²) >= 11 is 0. The fourth-order valence-electron chi connectivity index (χ4n) is 4.18. The van der Waals surface area contributed by atoms with Crippen LogP contribution in [0.15, 0.2) is 24.3 Å². The van der Waals surface area contributed by atoms with Crippen LogP contribution in [0.4, 0.5) is 0 Å². The SMILES string of the molecule is CC(=O)N1CCCN(C2CN(Cc3ccc(C#N)cc3)CC2C)CC1. The Kier molecular flexibility index (Phi) is 5.72. The maximum atomic E-state index is 11.6. The molecule has 0 aliphatic carbocycles. The number of hydrogen-bond donors (Lipinski definition) is 0. The first-order chi connectivity index (χ1) is 12.1. The molecule has 0 bridgehead atoms. The fraction of sp³-hybridized carbons (Fsp3) is 0.600. The van der Waals surface area contributed by atoms with Crippen molar-refractivity contribution >= 4 is 5.91 Å². The third-order valence-electron chi connectivity index (χ3n) is 5.58. The zero-order valence-corrected chi connectivity index (χ0v) is 15.3. The molecule has 2 aliphatic rings. The summed E-state index contributed by atoms with van der Waals surface area (Å²) in [6, 6.07) is 10.7. The van der Waals surface area contributed by atoms with Gasteiger partial charge in [0.15, 0.2) is 0 Å². The molecule has 5 nitrogen and oxygen atoms in total. The number of rotatable bonds is 3. The molecule has 0 spiro atoms. The molecule has 2 unspecified atom stereocenters. The minimum absolute atomic E-state index is 0.198. The van der Waals surface area contributed by atoms with Crippen LogP contribution in [0.25, 0.3) is 0 Å². The lowest BCUT2D eigenvalue weighted by Gasteiger charge is -2.30. The summed E-state index contributed by atoms with van der Waals surface area (Å²) in [6.07, 6.45) is 1.07. The van der Waals surface area contributed by atoms with Gasteiger partial charge in [0.05, 0.1) is 11.6 Å². The Bertz CT molecular complexity index is 636. The van der Waals surface area contributed by atoms with Crippen LogP contribution in [0, 0.1) is 17.2 Å². The maximum absolute atomic E-state index is 11.6. The lowest BCUT2D eigenvalue weighted by Crippen LogP contribution is -2.42. The molecule has 0 aromatic heterocycles. The van der Waals surface area contributed by atoms with E-state index in [0.717, 1.165) is 57.8 Å². The first-order valence-electron chi connectivity index (χ1n) is 9.28. The number of nitriles is 1. The summed E-state index contributed by atoms with van der Waals surface area (Å²) in [7, 11) is 0. The molecule has 0 saturated carbocycles. The third-order valence-corrected chi connectivity index (χ3v) is 5.58. The topological polar surface area (TPSA) is 50.6 Å². The van der Waals surface area contributed by atoms with Crippen LogP contribution in [0.1, 0.15) is 31.4 Å². The van der Waals surface area contributed by atoms with E-state index in [4.69, 9.17) is 5.26 Å². The molecule has 2 fully saturated rings. The molecule has 1 aromatic rings. The molecule has 2 heterocycles. The number of carbonyl (C=O) groups excluding carboxylic acids is 1. The van der Waals surface area contributed by atoms with Crippen molar-refractivity contribution in [1.29, 1.82) is 5.26 Å². The molecule has 1 aromatic carbocycles. The molecule has 1 amide bonds. The number of hydrogen-bond acceptors (Lipinski definition) is 4. The van der Waals surface area contributed by atoms with Gasteiger partial charge in [0.2, 0.25) is 5.91 Å². The van der Waals surface area contributed by atoms with Gasteiger partial charge in [-0.25, -0.2) is 0 Å². The molecule has 2 aliphatic heterocycles. The summed E-state index contributed by atoms with van der Waals surface area (Å²) in [5.41, 5.74) is 1.99. The predicted molar refractivity (Wildman–Crippen MR) is 97.8 cm³/mol. The largest absolute Gasteiger partial charge is 0.342 e. The highest BCUT2D eigenvalue weighted by Crippen LogP contribution is 2.24. The second-order valence-electron chi connectivity index (χ2n) is 7.44. The Morgan fingerprint density at radius 1 is 1.16 bits per heavy atom. The van der Waals surface area contributed by atoms with Crippen molar-refractivity contribution in [3.8, 4) is 6.07 Å². The Balaban J connectivity index is 1.57. The molecular formula is C20H28N4O. The monoisotopic (exact) mass is 340 g/mol. The Labute approximate surface area is 150 Å². The normalized spacial score (nSPS) is 25.6. The highest BCUT2D eigenvalue weighted by molar-refractivity contribution is 5.73. The van der Waals surface area contributed by atoms with Crippen LogP contribution in [0.2, 0.25) is 0 Å². The molecule has 5 heteroatoms. The molecule has 2 saturated heterocycles. The van der Waals surface area contributed by atoms with Gasteiger partial charge in [0.25, 0.3) is 0 Å². The van der Waals surface area contributed by atoms with E-state index in [2.05, 4.69) is 34.9 Å². The smallest absolute Gasteiger partial charge is 0.219 e. The van der Waals surface area contributed by atoms with E-state index in [1.54, 1.807) is 6.92 Å². The van der Waals surface area contributed by atoms with Crippen molar-refractivity contribution < 1.29 is 4.79 Å². The van der Waals surface area contributed by atoms with Crippen LogP contribution in [0.3, 0.4) is 0 Å². The van der Waals surface area contributed by atoms with Crippen molar-refractivity contribution in [3.05, 3.63) is 35.4 Å². The van der Waals surface area contributed by atoms with E-state index in [1.165, 1.54) is 5.56 Å². The van der Waals surface area contributed by atoms with E-state index < -0.39 is 0 Å². The average molecular weight is 340 g/mol. The summed E-state index contributed by atoms with van der Waals surface area (Å²) in [6.45, 7) is 11.0. The minimum Gasteiger partial charge on any atom is -0.342 e. The first-order valence-corrected chi connectivity index (χ1v) is 9.28. The quantitative estimate of drug-likeness (QED) is 0.844. The van der Waals surface area contributed by atoms with Crippen LogP contribution >= 0.6 is 0 Å². The molecule has 0 N–H and O–H groups in total. The highest BCUT2D eigenvalue weighted by atomic mass is 16.2. The molecule has 0 radical (unpaired) electrons. The lowest BCUT2D eigenvalue weighted by atomic mass is 10.0. The fourth-order valence-corrected chi connectivity index (χ4v) is 4.18. The van der Waals surface area contributed by atoms with E-state index in [-0.39, 0.29) is 5.91 Å². The predicted octanol–water partition coefficient (Wildman–Crippen LogP) is 1.93. The van der Waals surface area contributed by atoms with E-state index in [1.807, 2.05) is 17.0 Å². The van der Waals surface area contributed by atoms with E-state index in [0.29, 0.717) is 12.0 Å². The Morgan fingerprint density at radius 2 is 1.92 bits per heavy atom. The van der Waals surface area contributed by atoms with Gasteiger partial charge < -0.3 is 4.90 Å². The average Bonchev–Trinajstić information content (AvgIpc) is 2.82. The van der Waals surface area contributed by atoms with Gasteiger partial charge in [-0.05, 0) is 30.0 Å². The second kappa shape index (κ2) is 7.99. The summed E-state index contributed by atoms with van der Waals surface area (Å²) in [5, 5.41) is 8.91. The van der Waals surface area contributed by atoms with Crippen LogP contribution in [-0.4, -0.2) is 65.9 Å². The van der Waals surface area contributed by atoms with Crippen molar-refractivity contribution in [2.75, 3.05) is 39.3 Å². The van der Waals surface area contributed by atoms with Crippen molar-refractivity contribution in [2.45, 2.75) is 32.9 Å². The summed E-state index contributed by atoms with van der Waals surface area (Å²) in [4.78, 5) is 18.7. The maximum Gasteiger partial charge on any atom is 0.219 e. The Morgan fingerprint density at radius 3 is 2.60 bits per heavy atom. The number of amides is 1. The highest BCUT2D eigenvalue weighted by Gasteiger charge is 2.34. The molecule has 134 valence electrons. The zero-order chi connectivity index (χ0) is 17.8. The summed E-state index contributed by atoms with van der Waals surface area (Å²) in [5.74, 6) is 0.839. The van der Waals surface area contributed by atoms with Gasteiger partial charge in [-0.1, -0.05) is 19.1 Å².